The van der Waals surface area contributed by atoms with Crippen molar-refractivity contribution in [2.24, 2.45) is 0 Å². The monoisotopic (exact) mass is 328 g/mol. The van der Waals surface area contributed by atoms with Crippen LogP contribution >= 0.6 is 11.3 Å². The van der Waals surface area contributed by atoms with Crippen molar-refractivity contribution in [2.75, 3.05) is 7.05 Å². The van der Waals surface area contributed by atoms with E-state index in [4.69, 9.17) is 9.78 Å². The second-order valence-electron chi connectivity index (χ2n) is 5.11. The Hall–Kier alpha value is -2.56. The van der Waals surface area contributed by atoms with Gasteiger partial charge in [0.15, 0.2) is 0 Å². The van der Waals surface area contributed by atoms with Crippen molar-refractivity contribution in [1.29, 1.82) is 5.26 Å². The first-order valence-corrected chi connectivity index (χ1v) is 7.82. The average Bonchev–Trinajstić information content (AvgIpc) is 3.20. The number of benzene rings is 1. The quantitative estimate of drug-likeness (QED) is 0.718. The molecule has 0 amide bonds. The number of rotatable bonds is 5. The third-order valence-electron chi connectivity index (χ3n) is 3.27. The lowest BCUT2D eigenvalue weighted by Gasteiger charge is -2.14. The minimum Gasteiger partial charge on any atom is -0.338 e. The van der Waals surface area contributed by atoms with Crippen LogP contribution in [0, 0.1) is 17.1 Å². The minimum atomic E-state index is -0.333. The highest BCUT2D eigenvalue weighted by molar-refractivity contribution is 7.08. The molecule has 23 heavy (non-hydrogen) atoms. The zero-order chi connectivity index (χ0) is 16.2. The van der Waals surface area contributed by atoms with Gasteiger partial charge in [-0.1, -0.05) is 5.16 Å². The fraction of sp³-hybridized carbons (Fsp3) is 0.188. The lowest BCUT2D eigenvalue weighted by molar-refractivity contribution is 0.258. The molecule has 0 saturated heterocycles. The fourth-order valence-corrected chi connectivity index (χ4v) is 2.81. The van der Waals surface area contributed by atoms with Gasteiger partial charge in [0.25, 0.3) is 0 Å². The van der Waals surface area contributed by atoms with Crippen LogP contribution in [-0.2, 0) is 13.1 Å². The van der Waals surface area contributed by atoms with E-state index >= 15 is 0 Å². The molecule has 0 bridgehead atoms. The number of hydrogen-bond acceptors (Lipinski definition) is 6. The van der Waals surface area contributed by atoms with Gasteiger partial charge in [0.05, 0.1) is 18.2 Å². The zero-order valence-corrected chi connectivity index (χ0v) is 13.2. The Morgan fingerprint density at radius 3 is 2.96 bits per heavy atom. The highest BCUT2D eigenvalue weighted by Crippen LogP contribution is 2.19. The smallest absolute Gasteiger partial charge is 0.241 e. The predicted molar refractivity (Wildman–Crippen MR) is 83.9 cm³/mol. The molecule has 0 aliphatic heterocycles. The molecule has 7 heteroatoms. The van der Waals surface area contributed by atoms with Gasteiger partial charge < -0.3 is 4.52 Å². The van der Waals surface area contributed by atoms with Gasteiger partial charge >= 0.3 is 0 Å². The molecule has 0 saturated carbocycles. The van der Waals surface area contributed by atoms with Crippen LogP contribution in [-0.4, -0.2) is 22.1 Å². The molecule has 2 heterocycles. The Labute approximate surface area is 136 Å². The van der Waals surface area contributed by atoms with E-state index in [2.05, 4.69) is 10.1 Å². The van der Waals surface area contributed by atoms with Gasteiger partial charge in [0.2, 0.25) is 11.7 Å². The molecular weight excluding hydrogens is 315 g/mol. The summed E-state index contributed by atoms with van der Waals surface area (Å²) in [7, 11) is 1.83. The lowest BCUT2D eigenvalue weighted by Crippen LogP contribution is -2.18. The summed E-state index contributed by atoms with van der Waals surface area (Å²) in [4.78, 5) is 6.18. The van der Waals surface area contributed by atoms with E-state index in [9.17, 15) is 4.39 Å². The summed E-state index contributed by atoms with van der Waals surface area (Å²) >= 11 is 1.56. The van der Waals surface area contributed by atoms with Crippen molar-refractivity contribution in [3.05, 3.63) is 57.9 Å². The second kappa shape index (κ2) is 6.69. The maximum absolute atomic E-state index is 13.8. The molecular formula is C16H13FN4OS. The van der Waals surface area contributed by atoms with Crippen molar-refractivity contribution in [3.8, 4) is 17.5 Å². The third kappa shape index (κ3) is 3.62. The van der Waals surface area contributed by atoms with Crippen LogP contribution in [0.15, 0.2) is 39.5 Å². The largest absolute Gasteiger partial charge is 0.338 e. The van der Waals surface area contributed by atoms with Crippen molar-refractivity contribution < 1.29 is 8.91 Å². The van der Waals surface area contributed by atoms with Crippen LogP contribution in [0.25, 0.3) is 11.4 Å². The Morgan fingerprint density at radius 1 is 1.35 bits per heavy atom. The summed E-state index contributed by atoms with van der Waals surface area (Å²) in [5.41, 5.74) is 1.82. The Bertz CT molecular complexity index is 838. The van der Waals surface area contributed by atoms with E-state index in [1.165, 1.54) is 12.1 Å². The van der Waals surface area contributed by atoms with Crippen LogP contribution in [0.2, 0.25) is 0 Å². The second-order valence-corrected chi connectivity index (χ2v) is 5.89. The molecule has 0 fully saturated rings. The SMILES string of the molecule is CN(Cc1nc(-c2ccsc2)no1)Cc1cc(C#N)ccc1F. The standard InChI is InChI=1S/C16H13FN4OS/c1-21(8-13-6-11(7-18)2-3-14(13)17)9-15-19-16(20-22-15)12-4-5-23-10-12/h2-6,10H,8-9H2,1H3. The molecule has 3 aromatic rings. The first kappa shape index (κ1) is 15.3. The summed E-state index contributed by atoms with van der Waals surface area (Å²) in [6.45, 7) is 0.741. The van der Waals surface area contributed by atoms with Crippen LogP contribution in [0.1, 0.15) is 17.0 Å². The van der Waals surface area contributed by atoms with Gasteiger partial charge in [-0.2, -0.15) is 21.6 Å². The first-order valence-electron chi connectivity index (χ1n) is 6.88. The highest BCUT2D eigenvalue weighted by atomic mass is 32.1. The number of nitrogens with zero attached hydrogens (tertiary/aromatic N) is 4. The number of nitriles is 1. The lowest BCUT2D eigenvalue weighted by atomic mass is 10.1. The van der Waals surface area contributed by atoms with Crippen molar-refractivity contribution in [2.45, 2.75) is 13.1 Å². The van der Waals surface area contributed by atoms with Crippen LogP contribution < -0.4 is 0 Å². The molecule has 2 aromatic heterocycles. The molecule has 116 valence electrons. The predicted octanol–water partition coefficient (Wildman–Crippen LogP) is 3.44. The summed E-state index contributed by atoms with van der Waals surface area (Å²) in [5.74, 6) is 0.679. The fourth-order valence-electron chi connectivity index (χ4n) is 2.17. The van der Waals surface area contributed by atoms with Gasteiger partial charge in [-0.15, -0.1) is 0 Å². The van der Waals surface area contributed by atoms with Gasteiger partial charge in [-0.3, -0.25) is 4.90 Å². The Morgan fingerprint density at radius 2 is 2.22 bits per heavy atom. The molecule has 0 spiro atoms. The van der Waals surface area contributed by atoms with E-state index in [1.54, 1.807) is 17.4 Å². The van der Waals surface area contributed by atoms with E-state index in [1.807, 2.05) is 34.8 Å². The Balaban J connectivity index is 1.68. The van der Waals surface area contributed by atoms with E-state index < -0.39 is 0 Å². The third-order valence-corrected chi connectivity index (χ3v) is 3.95. The number of halogens is 1. The molecule has 0 atom stereocenters. The summed E-state index contributed by atoms with van der Waals surface area (Å²) in [6.07, 6.45) is 0. The number of aromatic nitrogens is 2. The van der Waals surface area contributed by atoms with Crippen LogP contribution in [0.4, 0.5) is 4.39 Å². The molecule has 0 radical (unpaired) electrons. The highest BCUT2D eigenvalue weighted by Gasteiger charge is 2.13. The van der Waals surface area contributed by atoms with Gasteiger partial charge in [0.1, 0.15) is 5.82 Å². The molecule has 0 aliphatic rings. The first-order chi connectivity index (χ1) is 11.2. The van der Waals surface area contributed by atoms with Crippen LogP contribution in [0.5, 0.6) is 0 Å². The minimum absolute atomic E-state index is 0.333. The van der Waals surface area contributed by atoms with Crippen molar-refractivity contribution >= 4 is 11.3 Å². The van der Waals surface area contributed by atoms with E-state index in [-0.39, 0.29) is 5.82 Å². The summed E-state index contributed by atoms with van der Waals surface area (Å²) in [6, 6.07) is 8.26. The molecule has 1 aromatic carbocycles. The molecule has 0 unspecified atom stereocenters. The maximum Gasteiger partial charge on any atom is 0.241 e. The van der Waals surface area contributed by atoms with Gasteiger partial charge in [-0.25, -0.2) is 4.39 Å². The summed E-state index contributed by atoms with van der Waals surface area (Å²) in [5, 5.41) is 16.7. The van der Waals surface area contributed by atoms with E-state index in [0.717, 1.165) is 5.56 Å². The van der Waals surface area contributed by atoms with Crippen molar-refractivity contribution in [3.63, 3.8) is 0 Å². The normalized spacial score (nSPS) is 10.9. The van der Waals surface area contributed by atoms with Crippen LogP contribution in [0.3, 0.4) is 0 Å². The summed E-state index contributed by atoms with van der Waals surface area (Å²) < 4.78 is 19.0. The topological polar surface area (TPSA) is 66.0 Å². The molecule has 0 N–H and O–H groups in total. The molecule has 0 aliphatic carbocycles. The number of thiophene rings is 1. The average molecular weight is 328 g/mol. The van der Waals surface area contributed by atoms with E-state index in [0.29, 0.717) is 35.9 Å². The van der Waals surface area contributed by atoms with Gasteiger partial charge in [0, 0.05) is 23.1 Å². The zero-order valence-electron chi connectivity index (χ0n) is 12.4. The van der Waals surface area contributed by atoms with Crippen molar-refractivity contribution in [1.82, 2.24) is 15.0 Å². The van der Waals surface area contributed by atoms with Gasteiger partial charge in [-0.05, 0) is 36.7 Å². The molecule has 5 nitrogen and oxygen atoms in total. The maximum atomic E-state index is 13.8. The Kier molecular flexibility index (Phi) is 4.46. The number of hydrogen-bond donors (Lipinski definition) is 0. The molecule has 3 rings (SSSR count).